The molecule has 1 N–H and O–H groups in total. The fourth-order valence-corrected chi connectivity index (χ4v) is 2.76. The van der Waals surface area contributed by atoms with Crippen molar-refractivity contribution in [2.24, 2.45) is 5.41 Å². The van der Waals surface area contributed by atoms with Gasteiger partial charge in [0.15, 0.2) is 0 Å². The zero-order chi connectivity index (χ0) is 12.3. The van der Waals surface area contributed by atoms with Crippen LogP contribution in [0.1, 0.15) is 45.1 Å². The monoisotopic (exact) mass is 235 g/mol. The molecule has 0 spiro atoms. The van der Waals surface area contributed by atoms with E-state index in [1.807, 2.05) is 6.07 Å². The van der Waals surface area contributed by atoms with Gasteiger partial charge in [0.05, 0.1) is 0 Å². The van der Waals surface area contributed by atoms with Crippen molar-refractivity contribution < 1.29 is 4.39 Å². The van der Waals surface area contributed by atoms with Crippen LogP contribution in [0.4, 0.5) is 4.39 Å². The van der Waals surface area contributed by atoms with Gasteiger partial charge in [0.2, 0.25) is 0 Å². The normalized spacial score (nSPS) is 23.6. The molecule has 0 radical (unpaired) electrons. The number of halogens is 1. The highest BCUT2D eigenvalue weighted by Crippen LogP contribution is 2.35. The molecule has 1 aliphatic carbocycles. The molecule has 0 aromatic heterocycles. The highest BCUT2D eigenvalue weighted by Gasteiger charge is 2.31. The molecule has 2 heteroatoms. The first kappa shape index (κ1) is 12.6. The van der Waals surface area contributed by atoms with Crippen molar-refractivity contribution in [1.82, 2.24) is 5.32 Å². The van der Waals surface area contributed by atoms with E-state index in [0.29, 0.717) is 11.5 Å². The summed E-state index contributed by atoms with van der Waals surface area (Å²) in [6.45, 7) is 5.43. The lowest BCUT2D eigenvalue weighted by Crippen LogP contribution is -2.43. The van der Waals surface area contributed by atoms with Crippen LogP contribution in [-0.2, 0) is 6.54 Å². The van der Waals surface area contributed by atoms with E-state index in [1.165, 1.54) is 31.7 Å². The molecule has 0 bridgehead atoms. The lowest BCUT2D eigenvalue weighted by molar-refractivity contribution is 0.166. The Morgan fingerprint density at radius 3 is 2.88 bits per heavy atom. The van der Waals surface area contributed by atoms with Crippen LogP contribution in [0.2, 0.25) is 0 Å². The molecule has 2 rings (SSSR count). The second-order valence-corrected chi connectivity index (χ2v) is 5.80. The Bertz CT molecular complexity index is 373. The van der Waals surface area contributed by atoms with E-state index in [4.69, 9.17) is 0 Å². The molecule has 0 amide bonds. The summed E-state index contributed by atoms with van der Waals surface area (Å²) in [4.78, 5) is 0. The fourth-order valence-electron chi connectivity index (χ4n) is 2.76. The molecule has 1 unspecified atom stereocenters. The van der Waals surface area contributed by atoms with Crippen molar-refractivity contribution in [2.45, 2.75) is 52.1 Å². The van der Waals surface area contributed by atoms with E-state index in [2.05, 4.69) is 19.2 Å². The molecule has 1 atom stereocenters. The van der Waals surface area contributed by atoms with Gasteiger partial charge < -0.3 is 5.32 Å². The Labute approximate surface area is 103 Å². The summed E-state index contributed by atoms with van der Waals surface area (Å²) in [7, 11) is 0. The largest absolute Gasteiger partial charge is 0.309 e. The summed E-state index contributed by atoms with van der Waals surface area (Å²) in [6, 6.07) is 7.42. The van der Waals surface area contributed by atoms with Crippen molar-refractivity contribution in [3.63, 3.8) is 0 Å². The van der Waals surface area contributed by atoms with E-state index < -0.39 is 0 Å². The predicted molar refractivity (Wildman–Crippen MR) is 69.3 cm³/mol. The van der Waals surface area contributed by atoms with Crippen molar-refractivity contribution >= 4 is 0 Å². The van der Waals surface area contributed by atoms with Gasteiger partial charge in [0.1, 0.15) is 5.82 Å². The van der Waals surface area contributed by atoms with Gasteiger partial charge in [-0.25, -0.2) is 4.39 Å². The van der Waals surface area contributed by atoms with Crippen LogP contribution in [0.15, 0.2) is 24.3 Å². The average molecular weight is 235 g/mol. The van der Waals surface area contributed by atoms with Crippen LogP contribution in [0.3, 0.4) is 0 Å². The van der Waals surface area contributed by atoms with E-state index in [1.54, 1.807) is 12.1 Å². The minimum atomic E-state index is -0.146. The summed E-state index contributed by atoms with van der Waals surface area (Å²) in [5.74, 6) is -0.146. The Kier molecular flexibility index (Phi) is 3.82. The number of hydrogen-bond donors (Lipinski definition) is 1. The predicted octanol–water partition coefficient (Wildman–Crippen LogP) is 3.88. The van der Waals surface area contributed by atoms with Gasteiger partial charge >= 0.3 is 0 Å². The van der Waals surface area contributed by atoms with E-state index in [0.717, 1.165) is 12.1 Å². The van der Waals surface area contributed by atoms with Crippen LogP contribution in [0.25, 0.3) is 0 Å². The minimum Gasteiger partial charge on any atom is -0.309 e. The SMILES string of the molecule is CC1(C)CCCCC1NCc1cccc(F)c1. The highest BCUT2D eigenvalue weighted by molar-refractivity contribution is 5.16. The third-order valence-corrected chi connectivity index (χ3v) is 3.95. The molecule has 1 nitrogen and oxygen atoms in total. The average Bonchev–Trinajstić information content (AvgIpc) is 2.27. The van der Waals surface area contributed by atoms with E-state index in [-0.39, 0.29) is 5.82 Å². The van der Waals surface area contributed by atoms with Crippen LogP contribution in [0.5, 0.6) is 0 Å². The summed E-state index contributed by atoms with van der Waals surface area (Å²) in [5.41, 5.74) is 1.40. The Balaban J connectivity index is 1.93. The molecule has 1 aromatic carbocycles. The summed E-state index contributed by atoms with van der Waals surface area (Å²) in [5, 5.41) is 3.59. The van der Waals surface area contributed by atoms with Crippen molar-refractivity contribution in [3.8, 4) is 0 Å². The smallest absolute Gasteiger partial charge is 0.123 e. The molecule has 1 fully saturated rings. The molecular weight excluding hydrogens is 213 g/mol. The second kappa shape index (κ2) is 5.18. The maximum absolute atomic E-state index is 13.1. The molecular formula is C15H22FN. The second-order valence-electron chi connectivity index (χ2n) is 5.80. The summed E-state index contributed by atoms with van der Waals surface area (Å²) >= 11 is 0. The third-order valence-electron chi connectivity index (χ3n) is 3.95. The van der Waals surface area contributed by atoms with Gasteiger partial charge in [-0.2, -0.15) is 0 Å². The Hall–Kier alpha value is -0.890. The lowest BCUT2D eigenvalue weighted by Gasteiger charge is -2.39. The summed E-state index contributed by atoms with van der Waals surface area (Å²) < 4.78 is 13.1. The van der Waals surface area contributed by atoms with Crippen LogP contribution in [0, 0.1) is 11.2 Å². The summed E-state index contributed by atoms with van der Waals surface area (Å²) in [6.07, 6.45) is 5.17. The van der Waals surface area contributed by atoms with E-state index >= 15 is 0 Å². The minimum absolute atomic E-state index is 0.146. The molecule has 1 saturated carbocycles. The molecule has 17 heavy (non-hydrogen) atoms. The molecule has 94 valence electrons. The number of nitrogens with one attached hydrogen (secondary N) is 1. The zero-order valence-electron chi connectivity index (χ0n) is 10.8. The van der Waals surface area contributed by atoms with Gasteiger partial charge in [0, 0.05) is 12.6 Å². The molecule has 0 saturated heterocycles. The van der Waals surface area contributed by atoms with Gasteiger partial charge in [-0.15, -0.1) is 0 Å². The van der Waals surface area contributed by atoms with Gasteiger partial charge in [0.25, 0.3) is 0 Å². The first-order chi connectivity index (χ1) is 8.08. The number of benzene rings is 1. The maximum atomic E-state index is 13.1. The third kappa shape index (κ3) is 3.29. The van der Waals surface area contributed by atoms with Crippen LogP contribution < -0.4 is 5.32 Å². The van der Waals surface area contributed by atoms with Gasteiger partial charge in [-0.3, -0.25) is 0 Å². The first-order valence-electron chi connectivity index (χ1n) is 6.56. The Morgan fingerprint density at radius 1 is 1.35 bits per heavy atom. The zero-order valence-corrected chi connectivity index (χ0v) is 10.8. The maximum Gasteiger partial charge on any atom is 0.123 e. The number of hydrogen-bond acceptors (Lipinski definition) is 1. The van der Waals surface area contributed by atoms with Crippen molar-refractivity contribution in [2.75, 3.05) is 0 Å². The lowest BCUT2D eigenvalue weighted by atomic mass is 9.73. The standard InChI is InChI=1S/C15H22FN/c1-15(2)9-4-3-8-14(15)17-11-12-6-5-7-13(16)10-12/h5-7,10,14,17H,3-4,8-9,11H2,1-2H3. The molecule has 1 aliphatic rings. The first-order valence-corrected chi connectivity index (χ1v) is 6.56. The Morgan fingerprint density at radius 2 is 2.18 bits per heavy atom. The fraction of sp³-hybridized carbons (Fsp3) is 0.600. The van der Waals surface area contributed by atoms with Crippen molar-refractivity contribution in [3.05, 3.63) is 35.6 Å². The van der Waals surface area contributed by atoms with E-state index in [9.17, 15) is 4.39 Å². The highest BCUT2D eigenvalue weighted by atomic mass is 19.1. The van der Waals surface area contributed by atoms with Gasteiger partial charge in [-0.05, 0) is 36.0 Å². The van der Waals surface area contributed by atoms with Crippen LogP contribution in [-0.4, -0.2) is 6.04 Å². The molecule has 1 aromatic rings. The molecule has 0 aliphatic heterocycles. The van der Waals surface area contributed by atoms with Gasteiger partial charge in [-0.1, -0.05) is 38.8 Å². The molecule has 0 heterocycles. The quantitative estimate of drug-likeness (QED) is 0.838. The number of rotatable bonds is 3. The van der Waals surface area contributed by atoms with Crippen molar-refractivity contribution in [1.29, 1.82) is 0 Å². The topological polar surface area (TPSA) is 12.0 Å². The van der Waals surface area contributed by atoms with Crippen LogP contribution >= 0.6 is 0 Å².